The van der Waals surface area contributed by atoms with E-state index in [1.54, 1.807) is 18.3 Å². The number of nitrogens with zero attached hydrogens (tertiary/aromatic N) is 2. The molecular formula is C21H20ClN3O. The monoisotopic (exact) mass is 365 g/mol. The van der Waals surface area contributed by atoms with Crippen molar-refractivity contribution in [2.45, 2.75) is 25.4 Å². The molecule has 1 amide bonds. The third-order valence-corrected chi connectivity index (χ3v) is 4.94. The smallest absolute Gasteiger partial charge is 0.238 e. The van der Waals surface area contributed by atoms with Crippen molar-refractivity contribution in [2.75, 3.05) is 11.9 Å². The van der Waals surface area contributed by atoms with Crippen LogP contribution in [0.4, 0.5) is 5.69 Å². The summed E-state index contributed by atoms with van der Waals surface area (Å²) in [5.74, 6) is -0.0624. The van der Waals surface area contributed by atoms with Gasteiger partial charge in [0.25, 0.3) is 0 Å². The summed E-state index contributed by atoms with van der Waals surface area (Å²) in [5.41, 5.74) is 1.78. The Morgan fingerprint density at radius 2 is 1.92 bits per heavy atom. The molecule has 1 fully saturated rings. The fourth-order valence-electron chi connectivity index (χ4n) is 3.18. The molecule has 0 atom stereocenters. The molecule has 0 saturated heterocycles. The molecule has 0 radical (unpaired) electrons. The fraction of sp³-hybridized carbons (Fsp3) is 0.238. The lowest BCUT2D eigenvalue weighted by atomic mass is 10.1. The third kappa shape index (κ3) is 4.03. The summed E-state index contributed by atoms with van der Waals surface area (Å²) in [4.78, 5) is 18.7. The lowest BCUT2D eigenvalue weighted by Gasteiger charge is -2.22. The molecule has 5 heteroatoms. The number of carbonyl (C=O) groups excluding carboxylic acids is 1. The molecule has 1 aromatic heterocycles. The van der Waals surface area contributed by atoms with Crippen LogP contribution in [0.5, 0.6) is 0 Å². The number of rotatable bonds is 6. The number of halogens is 1. The first kappa shape index (κ1) is 17.0. The van der Waals surface area contributed by atoms with Gasteiger partial charge in [0.1, 0.15) is 0 Å². The maximum absolute atomic E-state index is 12.5. The molecule has 2 aromatic carbocycles. The number of anilines is 1. The number of pyridine rings is 1. The molecule has 1 aliphatic carbocycles. The number of amides is 1. The van der Waals surface area contributed by atoms with E-state index in [-0.39, 0.29) is 5.91 Å². The first-order valence-electron chi connectivity index (χ1n) is 8.81. The molecule has 0 aliphatic heterocycles. The summed E-state index contributed by atoms with van der Waals surface area (Å²) < 4.78 is 0. The first-order chi connectivity index (χ1) is 12.7. The SMILES string of the molecule is O=C(CN(Cc1ccc2ccccc2c1)C1CC1)Nc1cccnc1Cl. The van der Waals surface area contributed by atoms with Gasteiger partial charge in [0, 0.05) is 18.8 Å². The van der Waals surface area contributed by atoms with Crippen molar-refractivity contribution in [1.29, 1.82) is 0 Å². The van der Waals surface area contributed by atoms with Crippen molar-refractivity contribution < 1.29 is 4.79 Å². The average Bonchev–Trinajstić information content (AvgIpc) is 3.48. The van der Waals surface area contributed by atoms with Crippen LogP contribution in [0.25, 0.3) is 10.8 Å². The summed E-state index contributed by atoms with van der Waals surface area (Å²) in [6.07, 6.45) is 3.90. The van der Waals surface area contributed by atoms with Crippen LogP contribution in [-0.2, 0) is 11.3 Å². The zero-order chi connectivity index (χ0) is 17.9. The van der Waals surface area contributed by atoms with Crippen LogP contribution in [-0.4, -0.2) is 28.4 Å². The molecular weight excluding hydrogens is 346 g/mol. The second kappa shape index (κ2) is 7.44. The van der Waals surface area contributed by atoms with E-state index in [0.717, 1.165) is 19.4 Å². The first-order valence-corrected chi connectivity index (χ1v) is 9.19. The number of aromatic nitrogens is 1. The molecule has 1 heterocycles. The summed E-state index contributed by atoms with van der Waals surface area (Å²) in [6, 6.07) is 18.8. The Bertz CT molecular complexity index is 939. The van der Waals surface area contributed by atoms with Crippen LogP contribution >= 0.6 is 11.6 Å². The van der Waals surface area contributed by atoms with E-state index in [2.05, 4.69) is 51.6 Å². The van der Waals surface area contributed by atoms with Gasteiger partial charge < -0.3 is 5.32 Å². The van der Waals surface area contributed by atoms with E-state index in [1.807, 2.05) is 6.07 Å². The van der Waals surface area contributed by atoms with Crippen molar-refractivity contribution in [3.05, 3.63) is 71.5 Å². The second-order valence-corrected chi connectivity index (χ2v) is 7.07. The molecule has 1 saturated carbocycles. The van der Waals surface area contributed by atoms with Crippen LogP contribution in [0.1, 0.15) is 18.4 Å². The topological polar surface area (TPSA) is 45.2 Å². The number of hydrogen-bond donors (Lipinski definition) is 1. The number of carbonyl (C=O) groups is 1. The Morgan fingerprint density at radius 3 is 2.69 bits per heavy atom. The Morgan fingerprint density at radius 1 is 1.12 bits per heavy atom. The van der Waals surface area contributed by atoms with Gasteiger partial charge in [-0.1, -0.05) is 48.0 Å². The highest BCUT2D eigenvalue weighted by Gasteiger charge is 2.30. The largest absolute Gasteiger partial charge is 0.322 e. The fourth-order valence-corrected chi connectivity index (χ4v) is 3.35. The number of fused-ring (bicyclic) bond motifs is 1. The van der Waals surface area contributed by atoms with Gasteiger partial charge in [-0.3, -0.25) is 9.69 Å². The van der Waals surface area contributed by atoms with Crippen LogP contribution in [0.2, 0.25) is 5.15 Å². The minimum Gasteiger partial charge on any atom is -0.322 e. The van der Waals surface area contributed by atoms with Gasteiger partial charge in [0.2, 0.25) is 5.91 Å². The molecule has 3 aromatic rings. The maximum atomic E-state index is 12.5. The minimum absolute atomic E-state index is 0.0624. The van der Waals surface area contributed by atoms with E-state index < -0.39 is 0 Å². The predicted molar refractivity (Wildman–Crippen MR) is 105 cm³/mol. The molecule has 132 valence electrons. The zero-order valence-corrected chi connectivity index (χ0v) is 15.1. The van der Waals surface area contributed by atoms with Crippen LogP contribution in [0.15, 0.2) is 60.8 Å². The van der Waals surface area contributed by atoms with Gasteiger partial charge >= 0.3 is 0 Å². The number of hydrogen-bond acceptors (Lipinski definition) is 3. The molecule has 0 bridgehead atoms. The van der Waals surface area contributed by atoms with E-state index in [9.17, 15) is 4.79 Å². The van der Waals surface area contributed by atoms with Crippen LogP contribution < -0.4 is 5.32 Å². The lowest BCUT2D eigenvalue weighted by Crippen LogP contribution is -2.34. The molecule has 1 N–H and O–H groups in total. The van der Waals surface area contributed by atoms with Crippen LogP contribution in [0, 0.1) is 0 Å². The molecule has 1 aliphatic rings. The van der Waals surface area contributed by atoms with E-state index in [1.165, 1.54) is 16.3 Å². The predicted octanol–water partition coefficient (Wildman–Crippen LogP) is 4.49. The minimum atomic E-state index is -0.0624. The number of nitrogens with one attached hydrogen (secondary N) is 1. The van der Waals surface area contributed by atoms with Crippen molar-refractivity contribution >= 4 is 34.0 Å². The quantitative estimate of drug-likeness (QED) is 0.654. The van der Waals surface area contributed by atoms with E-state index in [0.29, 0.717) is 23.4 Å². The molecule has 4 nitrogen and oxygen atoms in total. The van der Waals surface area contributed by atoms with Gasteiger partial charge in [-0.2, -0.15) is 0 Å². The van der Waals surface area contributed by atoms with Crippen molar-refractivity contribution in [3.63, 3.8) is 0 Å². The van der Waals surface area contributed by atoms with Gasteiger partial charge in [0.15, 0.2) is 5.15 Å². The summed E-state index contributed by atoms with van der Waals surface area (Å²) in [6.45, 7) is 1.12. The second-order valence-electron chi connectivity index (χ2n) is 6.71. The Balaban J connectivity index is 1.45. The van der Waals surface area contributed by atoms with Gasteiger partial charge in [0.05, 0.1) is 12.2 Å². The highest BCUT2D eigenvalue weighted by Crippen LogP contribution is 2.29. The van der Waals surface area contributed by atoms with Gasteiger partial charge in [-0.25, -0.2) is 4.98 Å². The van der Waals surface area contributed by atoms with Gasteiger partial charge in [-0.05, 0) is 47.4 Å². The summed E-state index contributed by atoms with van der Waals surface area (Å²) in [5, 5.41) is 5.64. The molecule has 0 spiro atoms. The molecule has 4 rings (SSSR count). The van der Waals surface area contributed by atoms with Crippen molar-refractivity contribution in [3.8, 4) is 0 Å². The van der Waals surface area contributed by atoms with Gasteiger partial charge in [-0.15, -0.1) is 0 Å². The standard InChI is InChI=1S/C21H20ClN3O/c22-21-19(6-3-11-23-21)24-20(26)14-25(18-9-10-18)13-15-7-8-16-4-1-2-5-17(16)12-15/h1-8,11-12,18H,9-10,13-14H2,(H,24,26). The van der Waals surface area contributed by atoms with Crippen molar-refractivity contribution in [2.24, 2.45) is 0 Å². The van der Waals surface area contributed by atoms with Crippen LogP contribution in [0.3, 0.4) is 0 Å². The summed E-state index contributed by atoms with van der Waals surface area (Å²) >= 11 is 6.03. The Kier molecular flexibility index (Phi) is 4.87. The van der Waals surface area contributed by atoms with Crippen molar-refractivity contribution in [1.82, 2.24) is 9.88 Å². The Labute approximate surface area is 157 Å². The molecule has 26 heavy (non-hydrogen) atoms. The highest BCUT2D eigenvalue weighted by atomic mass is 35.5. The highest BCUT2D eigenvalue weighted by molar-refractivity contribution is 6.32. The average molecular weight is 366 g/mol. The van der Waals surface area contributed by atoms with E-state index >= 15 is 0 Å². The zero-order valence-electron chi connectivity index (χ0n) is 14.4. The molecule has 0 unspecified atom stereocenters. The van der Waals surface area contributed by atoms with E-state index in [4.69, 9.17) is 11.6 Å². The summed E-state index contributed by atoms with van der Waals surface area (Å²) in [7, 11) is 0. The normalized spacial score (nSPS) is 13.9. The Hall–Kier alpha value is -2.43. The lowest BCUT2D eigenvalue weighted by molar-refractivity contribution is -0.117. The maximum Gasteiger partial charge on any atom is 0.238 e. The third-order valence-electron chi connectivity index (χ3n) is 4.64. The number of benzene rings is 2.